The number of rotatable bonds is 1. The van der Waals surface area contributed by atoms with Crippen LogP contribution in [0.2, 0.25) is 0 Å². The minimum atomic E-state index is -0.402. The van der Waals surface area contributed by atoms with Crippen molar-refractivity contribution in [2.75, 3.05) is 0 Å². The lowest BCUT2D eigenvalue weighted by molar-refractivity contribution is 0.00578. The van der Waals surface area contributed by atoms with Crippen LogP contribution in [-0.4, -0.2) is 18.3 Å². The third-order valence-corrected chi connectivity index (χ3v) is 11.2. The van der Waals surface area contributed by atoms with Crippen molar-refractivity contribution in [3.05, 3.63) is 113 Å². The fourth-order valence-corrected chi connectivity index (χ4v) is 8.68. The molecule has 2 aliphatic heterocycles. The Hall–Kier alpha value is -2.83. The second kappa shape index (κ2) is 7.64. The molecule has 0 radical (unpaired) electrons. The highest BCUT2D eigenvalue weighted by Gasteiger charge is 2.54. The number of fused-ring (bicyclic) bond motifs is 11. The van der Waals surface area contributed by atoms with E-state index >= 15 is 0 Å². The molecule has 3 aliphatic rings. The summed E-state index contributed by atoms with van der Waals surface area (Å²) in [6.45, 7) is 8.48. The van der Waals surface area contributed by atoms with Gasteiger partial charge >= 0.3 is 7.12 Å². The molecule has 0 N–H and O–H groups in total. The highest BCUT2D eigenvalue weighted by atomic mass is 32.2. The van der Waals surface area contributed by atoms with Crippen LogP contribution in [0, 0.1) is 0 Å². The fourth-order valence-electron chi connectivity index (χ4n) is 6.55. The third-order valence-electron chi connectivity index (χ3n) is 9.07. The molecule has 8 rings (SSSR count). The van der Waals surface area contributed by atoms with E-state index in [-0.39, 0.29) is 11.2 Å². The molecule has 2 nitrogen and oxygen atoms in total. The Balaban J connectivity index is 1.46. The molecular weight excluding hydrogens is 503 g/mol. The molecule has 0 saturated carbocycles. The highest BCUT2D eigenvalue weighted by molar-refractivity contribution is 7.99. The van der Waals surface area contributed by atoms with Gasteiger partial charge in [0, 0.05) is 20.1 Å². The molecule has 5 aromatic rings. The van der Waals surface area contributed by atoms with Crippen LogP contribution in [0.5, 0.6) is 0 Å². The predicted octanol–water partition coefficient (Wildman–Crippen LogP) is 8.03. The molecule has 3 heterocycles. The Labute approximate surface area is 232 Å². The SMILES string of the molecule is CC1(C)OB(c2ccc3c(c2)C2(c4ccccc4S3)c3ccccc3-c3c2ccc2ccsc32)OC1(C)C. The Kier molecular flexibility index (Phi) is 4.64. The van der Waals surface area contributed by atoms with Crippen LogP contribution in [0.3, 0.4) is 0 Å². The molecule has 4 aromatic carbocycles. The van der Waals surface area contributed by atoms with E-state index < -0.39 is 12.5 Å². The first kappa shape index (κ1) is 23.1. The molecule has 38 heavy (non-hydrogen) atoms. The summed E-state index contributed by atoms with van der Waals surface area (Å²) in [6.07, 6.45) is 0. The quantitative estimate of drug-likeness (QED) is 0.200. The number of thiophene rings is 1. The summed E-state index contributed by atoms with van der Waals surface area (Å²) >= 11 is 3.71. The first-order valence-electron chi connectivity index (χ1n) is 13.2. The van der Waals surface area contributed by atoms with Gasteiger partial charge in [-0.2, -0.15) is 0 Å². The van der Waals surface area contributed by atoms with Gasteiger partial charge in [-0.15, -0.1) is 11.3 Å². The molecule has 1 unspecified atom stereocenters. The average Bonchev–Trinajstić information content (AvgIpc) is 3.56. The van der Waals surface area contributed by atoms with Crippen molar-refractivity contribution in [1.29, 1.82) is 0 Å². The minimum Gasteiger partial charge on any atom is -0.399 e. The van der Waals surface area contributed by atoms with E-state index in [4.69, 9.17) is 9.31 Å². The van der Waals surface area contributed by atoms with Gasteiger partial charge in [0.1, 0.15) is 0 Å². The lowest BCUT2D eigenvalue weighted by Crippen LogP contribution is -2.41. The first-order chi connectivity index (χ1) is 18.3. The summed E-state index contributed by atoms with van der Waals surface area (Å²) in [7, 11) is -0.402. The minimum absolute atomic E-state index is 0.385. The maximum Gasteiger partial charge on any atom is 0.494 e. The maximum absolute atomic E-state index is 6.52. The Morgan fingerprint density at radius 3 is 2.18 bits per heavy atom. The van der Waals surface area contributed by atoms with Crippen molar-refractivity contribution >= 4 is 45.8 Å². The molecule has 1 saturated heterocycles. The number of benzene rings is 4. The summed E-state index contributed by atoms with van der Waals surface area (Å²) < 4.78 is 14.4. The van der Waals surface area contributed by atoms with Crippen molar-refractivity contribution in [2.24, 2.45) is 0 Å². The smallest absolute Gasteiger partial charge is 0.399 e. The summed E-state index contributed by atoms with van der Waals surface area (Å²) in [5.74, 6) is 0. The van der Waals surface area contributed by atoms with Crippen molar-refractivity contribution in [3.63, 3.8) is 0 Å². The van der Waals surface area contributed by atoms with Gasteiger partial charge in [-0.1, -0.05) is 78.5 Å². The van der Waals surface area contributed by atoms with Crippen LogP contribution < -0.4 is 5.46 Å². The zero-order chi connectivity index (χ0) is 25.9. The lowest BCUT2D eigenvalue weighted by Gasteiger charge is -2.40. The summed E-state index contributed by atoms with van der Waals surface area (Å²) in [6, 6.07) is 31.7. The van der Waals surface area contributed by atoms with E-state index in [2.05, 4.69) is 118 Å². The van der Waals surface area contributed by atoms with Crippen molar-refractivity contribution in [3.8, 4) is 11.1 Å². The van der Waals surface area contributed by atoms with Crippen LogP contribution in [0.1, 0.15) is 49.9 Å². The maximum atomic E-state index is 6.52. The standard InChI is InChI=1S/C33H27BO2S2/c1-31(2)32(3,4)36-34(35-31)21-14-16-28-26(19-21)33(24-11-7-8-12-27(24)38-28)23-10-6-5-9-22(23)29-25(33)15-13-20-17-18-37-30(20)29/h5-19H,1-4H3. The topological polar surface area (TPSA) is 18.5 Å². The monoisotopic (exact) mass is 530 g/mol. The number of hydrogen-bond acceptors (Lipinski definition) is 4. The molecule has 186 valence electrons. The van der Waals surface area contributed by atoms with E-state index in [1.165, 1.54) is 53.3 Å². The fraction of sp³-hybridized carbons (Fsp3) is 0.212. The second-order valence-corrected chi connectivity index (χ2v) is 13.6. The summed E-state index contributed by atoms with van der Waals surface area (Å²) in [5, 5.41) is 3.53. The Morgan fingerprint density at radius 2 is 1.37 bits per heavy atom. The van der Waals surface area contributed by atoms with Crippen LogP contribution in [0.25, 0.3) is 21.2 Å². The van der Waals surface area contributed by atoms with Gasteiger partial charge in [-0.3, -0.25) is 0 Å². The van der Waals surface area contributed by atoms with Gasteiger partial charge in [-0.05, 0) is 89.9 Å². The van der Waals surface area contributed by atoms with Crippen molar-refractivity contribution in [1.82, 2.24) is 0 Å². The van der Waals surface area contributed by atoms with E-state index in [0.29, 0.717) is 0 Å². The summed E-state index contributed by atoms with van der Waals surface area (Å²) in [4.78, 5) is 2.61. The van der Waals surface area contributed by atoms with E-state index in [1.54, 1.807) is 0 Å². The largest absolute Gasteiger partial charge is 0.494 e. The molecule has 0 bridgehead atoms. The van der Waals surface area contributed by atoms with Crippen molar-refractivity contribution < 1.29 is 9.31 Å². The third kappa shape index (κ3) is 2.83. The molecular formula is C33H27BO2S2. The zero-order valence-electron chi connectivity index (χ0n) is 21.9. The lowest BCUT2D eigenvalue weighted by atomic mass is 9.65. The van der Waals surface area contributed by atoms with Crippen LogP contribution in [0.4, 0.5) is 0 Å². The highest BCUT2D eigenvalue weighted by Crippen LogP contribution is 2.63. The van der Waals surface area contributed by atoms with Gasteiger partial charge in [0.15, 0.2) is 0 Å². The Bertz CT molecular complexity index is 1770. The van der Waals surface area contributed by atoms with E-state index in [9.17, 15) is 0 Å². The van der Waals surface area contributed by atoms with Crippen LogP contribution >= 0.6 is 23.1 Å². The second-order valence-electron chi connectivity index (χ2n) is 11.6. The van der Waals surface area contributed by atoms with Gasteiger partial charge < -0.3 is 9.31 Å². The molecule has 1 spiro atoms. The molecule has 1 aliphatic carbocycles. The van der Waals surface area contributed by atoms with Crippen LogP contribution in [-0.2, 0) is 14.7 Å². The van der Waals surface area contributed by atoms with Gasteiger partial charge in [0.25, 0.3) is 0 Å². The normalized spacial score (nSPS) is 21.8. The van der Waals surface area contributed by atoms with Crippen molar-refractivity contribution in [2.45, 2.75) is 54.1 Å². The molecule has 1 atom stereocenters. The predicted molar refractivity (Wildman–Crippen MR) is 159 cm³/mol. The molecule has 0 amide bonds. The molecule has 1 aromatic heterocycles. The Morgan fingerprint density at radius 1 is 0.658 bits per heavy atom. The zero-order valence-corrected chi connectivity index (χ0v) is 23.5. The van der Waals surface area contributed by atoms with E-state index in [1.807, 2.05) is 23.1 Å². The van der Waals surface area contributed by atoms with Gasteiger partial charge in [-0.25, -0.2) is 0 Å². The molecule has 1 fully saturated rings. The van der Waals surface area contributed by atoms with Gasteiger partial charge in [0.2, 0.25) is 0 Å². The van der Waals surface area contributed by atoms with E-state index in [0.717, 1.165) is 5.46 Å². The molecule has 5 heteroatoms. The first-order valence-corrected chi connectivity index (χ1v) is 14.9. The summed E-state index contributed by atoms with van der Waals surface area (Å²) in [5.41, 5.74) is 8.01. The average molecular weight is 531 g/mol. The van der Waals surface area contributed by atoms with Gasteiger partial charge in [0.05, 0.1) is 16.6 Å². The van der Waals surface area contributed by atoms with Crippen LogP contribution in [0.15, 0.2) is 100 Å². The number of hydrogen-bond donors (Lipinski definition) is 0.